The summed E-state index contributed by atoms with van der Waals surface area (Å²) in [5.41, 5.74) is 0. The minimum atomic E-state index is -0.708. The molecular formula is C11H15ClN4O2S. The number of carbonyl (C=O) groups is 2. The number of anilines is 1. The number of halogens is 1. The smallest absolute Gasteiger partial charge is 0.324 e. The van der Waals surface area contributed by atoms with Crippen molar-refractivity contribution >= 4 is 40.0 Å². The Balaban J connectivity index is 1.83. The zero-order valence-electron chi connectivity index (χ0n) is 10.5. The van der Waals surface area contributed by atoms with Gasteiger partial charge in [0.25, 0.3) is 0 Å². The Hall–Kier alpha value is -1.34. The number of alkyl halides is 1. The summed E-state index contributed by atoms with van der Waals surface area (Å²) in [6.07, 6.45) is 1.76. The van der Waals surface area contributed by atoms with Gasteiger partial charge in [-0.1, -0.05) is 0 Å². The zero-order chi connectivity index (χ0) is 13.8. The van der Waals surface area contributed by atoms with Crippen LogP contribution in [0.2, 0.25) is 0 Å². The summed E-state index contributed by atoms with van der Waals surface area (Å²) >= 11 is 7.18. The molecule has 1 unspecified atom stereocenters. The lowest BCUT2D eigenvalue weighted by Gasteiger charge is -2.34. The lowest BCUT2D eigenvalue weighted by molar-refractivity contribution is -0.119. The SMILES string of the molecule is CC(Cl)C(=O)NC(=O)N1CCN(c2nccs2)CC1. The van der Waals surface area contributed by atoms with Gasteiger partial charge in [0, 0.05) is 37.8 Å². The van der Waals surface area contributed by atoms with Gasteiger partial charge in [0.2, 0.25) is 5.91 Å². The maximum Gasteiger partial charge on any atom is 0.324 e. The molecule has 0 bridgehead atoms. The molecule has 1 aromatic heterocycles. The largest absolute Gasteiger partial charge is 0.345 e. The van der Waals surface area contributed by atoms with E-state index in [0.717, 1.165) is 5.13 Å². The molecule has 0 radical (unpaired) electrons. The number of hydrogen-bond acceptors (Lipinski definition) is 5. The van der Waals surface area contributed by atoms with Crippen LogP contribution < -0.4 is 10.2 Å². The Morgan fingerprint density at radius 2 is 2.11 bits per heavy atom. The molecule has 3 amide bonds. The second-order valence-corrected chi connectivity index (χ2v) is 5.73. The van der Waals surface area contributed by atoms with E-state index in [1.54, 1.807) is 22.4 Å². The maximum absolute atomic E-state index is 11.8. The fourth-order valence-electron chi connectivity index (χ4n) is 1.76. The fraction of sp³-hybridized carbons (Fsp3) is 0.545. The van der Waals surface area contributed by atoms with Crippen molar-refractivity contribution < 1.29 is 9.59 Å². The molecule has 0 aromatic carbocycles. The van der Waals surface area contributed by atoms with Gasteiger partial charge in [-0.15, -0.1) is 22.9 Å². The Morgan fingerprint density at radius 1 is 1.42 bits per heavy atom. The third-order valence-electron chi connectivity index (χ3n) is 2.85. The lowest BCUT2D eigenvalue weighted by Crippen LogP contribution is -2.53. The van der Waals surface area contributed by atoms with Crippen LogP contribution >= 0.6 is 22.9 Å². The predicted octanol–water partition coefficient (Wildman–Crippen LogP) is 1.13. The summed E-state index contributed by atoms with van der Waals surface area (Å²) in [5.74, 6) is -0.464. The van der Waals surface area contributed by atoms with Crippen molar-refractivity contribution in [3.05, 3.63) is 11.6 Å². The Kier molecular flexibility index (Phi) is 4.60. The number of nitrogens with zero attached hydrogens (tertiary/aromatic N) is 3. The van der Waals surface area contributed by atoms with E-state index in [-0.39, 0.29) is 6.03 Å². The van der Waals surface area contributed by atoms with Crippen molar-refractivity contribution in [1.82, 2.24) is 15.2 Å². The number of amides is 3. The quantitative estimate of drug-likeness (QED) is 0.832. The molecule has 2 heterocycles. The van der Waals surface area contributed by atoms with Gasteiger partial charge in [-0.2, -0.15) is 0 Å². The summed E-state index contributed by atoms with van der Waals surface area (Å²) in [6.45, 7) is 4.09. The zero-order valence-corrected chi connectivity index (χ0v) is 12.1. The molecule has 0 saturated carbocycles. The van der Waals surface area contributed by atoms with E-state index in [0.29, 0.717) is 26.2 Å². The molecule has 1 N–H and O–H groups in total. The van der Waals surface area contributed by atoms with E-state index in [2.05, 4.69) is 15.2 Å². The van der Waals surface area contributed by atoms with Crippen LogP contribution in [0.5, 0.6) is 0 Å². The van der Waals surface area contributed by atoms with Crippen molar-refractivity contribution in [3.8, 4) is 0 Å². The number of hydrogen-bond donors (Lipinski definition) is 1. The summed E-state index contributed by atoms with van der Waals surface area (Å²) in [5, 5.41) is 4.46. The Bertz CT molecular complexity index is 444. The van der Waals surface area contributed by atoms with E-state index >= 15 is 0 Å². The van der Waals surface area contributed by atoms with Crippen molar-refractivity contribution in [2.24, 2.45) is 0 Å². The van der Waals surface area contributed by atoms with E-state index < -0.39 is 11.3 Å². The van der Waals surface area contributed by atoms with Gasteiger partial charge in [-0.25, -0.2) is 9.78 Å². The van der Waals surface area contributed by atoms with Crippen LogP contribution in [0.25, 0.3) is 0 Å². The normalized spacial score (nSPS) is 17.2. The van der Waals surface area contributed by atoms with Crippen molar-refractivity contribution in [1.29, 1.82) is 0 Å². The first kappa shape index (κ1) is 14.1. The van der Waals surface area contributed by atoms with Crippen LogP contribution in [-0.4, -0.2) is 53.4 Å². The van der Waals surface area contributed by atoms with Crippen LogP contribution in [-0.2, 0) is 4.79 Å². The molecule has 8 heteroatoms. The molecular weight excluding hydrogens is 288 g/mol. The number of thiazole rings is 1. The van der Waals surface area contributed by atoms with Gasteiger partial charge in [-0.3, -0.25) is 10.1 Å². The fourth-order valence-corrected chi connectivity index (χ4v) is 2.51. The molecule has 19 heavy (non-hydrogen) atoms. The molecule has 1 aliphatic heterocycles. The Morgan fingerprint density at radius 3 is 2.63 bits per heavy atom. The van der Waals surface area contributed by atoms with E-state index in [9.17, 15) is 9.59 Å². The lowest BCUT2D eigenvalue weighted by atomic mass is 10.3. The maximum atomic E-state index is 11.8. The van der Waals surface area contributed by atoms with E-state index in [4.69, 9.17) is 11.6 Å². The van der Waals surface area contributed by atoms with Crippen LogP contribution in [0.4, 0.5) is 9.93 Å². The summed E-state index contributed by atoms with van der Waals surface area (Å²) in [6, 6.07) is -0.378. The number of carbonyl (C=O) groups excluding carboxylic acids is 2. The second-order valence-electron chi connectivity index (χ2n) is 4.20. The summed E-state index contributed by atoms with van der Waals surface area (Å²) in [7, 11) is 0. The van der Waals surface area contributed by atoms with E-state index in [1.165, 1.54) is 6.92 Å². The number of nitrogens with one attached hydrogen (secondary N) is 1. The monoisotopic (exact) mass is 302 g/mol. The predicted molar refractivity (Wildman–Crippen MR) is 74.8 cm³/mol. The first-order valence-electron chi connectivity index (χ1n) is 5.96. The highest BCUT2D eigenvalue weighted by Gasteiger charge is 2.24. The highest BCUT2D eigenvalue weighted by molar-refractivity contribution is 7.13. The molecule has 1 atom stereocenters. The summed E-state index contributed by atoms with van der Waals surface area (Å²) in [4.78, 5) is 31.1. The van der Waals surface area contributed by atoms with Crippen LogP contribution in [0.1, 0.15) is 6.92 Å². The number of piperazine rings is 1. The van der Waals surface area contributed by atoms with Gasteiger partial charge in [0.05, 0.1) is 0 Å². The third kappa shape index (κ3) is 3.57. The van der Waals surface area contributed by atoms with Crippen molar-refractivity contribution in [2.75, 3.05) is 31.1 Å². The highest BCUT2D eigenvalue weighted by atomic mass is 35.5. The molecule has 0 aliphatic carbocycles. The molecule has 1 saturated heterocycles. The standard InChI is InChI=1S/C11H15ClN4O2S/c1-8(12)9(17)14-10(18)15-3-5-16(6-4-15)11-13-2-7-19-11/h2,7-8H,3-6H2,1H3,(H,14,17,18). The topological polar surface area (TPSA) is 65.5 Å². The van der Waals surface area contributed by atoms with E-state index in [1.807, 2.05) is 5.38 Å². The average Bonchev–Trinajstić information content (AvgIpc) is 2.92. The molecule has 104 valence electrons. The molecule has 1 aromatic rings. The first-order valence-corrected chi connectivity index (χ1v) is 7.28. The van der Waals surface area contributed by atoms with Crippen molar-refractivity contribution in [3.63, 3.8) is 0 Å². The molecule has 1 fully saturated rings. The van der Waals surface area contributed by atoms with Gasteiger partial charge < -0.3 is 9.80 Å². The van der Waals surface area contributed by atoms with Gasteiger partial charge >= 0.3 is 6.03 Å². The highest BCUT2D eigenvalue weighted by Crippen LogP contribution is 2.18. The van der Waals surface area contributed by atoms with Crippen molar-refractivity contribution in [2.45, 2.75) is 12.3 Å². The first-order chi connectivity index (χ1) is 9.08. The number of aromatic nitrogens is 1. The second kappa shape index (κ2) is 6.21. The van der Waals surface area contributed by atoms with Crippen LogP contribution in [0.15, 0.2) is 11.6 Å². The molecule has 1 aliphatic rings. The van der Waals surface area contributed by atoms with Gasteiger partial charge in [0.15, 0.2) is 5.13 Å². The number of imide groups is 1. The average molecular weight is 303 g/mol. The molecule has 0 spiro atoms. The van der Waals surface area contributed by atoms with Gasteiger partial charge in [0.1, 0.15) is 5.38 Å². The van der Waals surface area contributed by atoms with Crippen LogP contribution in [0, 0.1) is 0 Å². The number of urea groups is 1. The summed E-state index contributed by atoms with van der Waals surface area (Å²) < 4.78 is 0. The Labute approximate surface area is 120 Å². The molecule has 2 rings (SSSR count). The van der Waals surface area contributed by atoms with Gasteiger partial charge in [-0.05, 0) is 6.92 Å². The third-order valence-corrected chi connectivity index (χ3v) is 3.88. The number of rotatable bonds is 2. The van der Waals surface area contributed by atoms with Crippen LogP contribution in [0.3, 0.4) is 0 Å². The minimum Gasteiger partial charge on any atom is -0.345 e. The minimum absolute atomic E-state index is 0.378. The molecule has 6 nitrogen and oxygen atoms in total.